The van der Waals surface area contributed by atoms with Crippen LogP contribution in [0.4, 0.5) is 5.95 Å². The van der Waals surface area contributed by atoms with Gasteiger partial charge in [-0.05, 0) is 30.5 Å². The number of amides is 1. The van der Waals surface area contributed by atoms with Crippen LogP contribution in [0.15, 0.2) is 30.6 Å². The van der Waals surface area contributed by atoms with E-state index in [1.165, 1.54) is 0 Å². The Morgan fingerprint density at radius 1 is 1.31 bits per heavy atom. The van der Waals surface area contributed by atoms with Crippen LogP contribution in [-0.4, -0.2) is 50.2 Å². The molecule has 1 aliphatic rings. The number of hydrogen-bond donors (Lipinski definition) is 3. The van der Waals surface area contributed by atoms with Crippen LogP contribution in [0.3, 0.4) is 0 Å². The Bertz CT molecular complexity index is 924. The number of H-pyrrole nitrogens is 1. The third-order valence-electron chi connectivity index (χ3n) is 4.42. The minimum absolute atomic E-state index is 0.121. The molecule has 1 fully saturated rings. The molecule has 134 valence electrons. The monoisotopic (exact) mass is 352 g/mol. The van der Waals surface area contributed by atoms with Gasteiger partial charge in [-0.2, -0.15) is 4.98 Å². The van der Waals surface area contributed by atoms with Gasteiger partial charge in [0.25, 0.3) is 5.91 Å². The average molecular weight is 352 g/mol. The summed E-state index contributed by atoms with van der Waals surface area (Å²) in [5.41, 5.74) is 8.54. The molecular formula is C17H20N8O. The molecule has 3 heterocycles. The van der Waals surface area contributed by atoms with E-state index in [0.717, 1.165) is 36.0 Å². The number of anilines is 1. The van der Waals surface area contributed by atoms with Crippen LogP contribution >= 0.6 is 0 Å². The summed E-state index contributed by atoms with van der Waals surface area (Å²) >= 11 is 0. The summed E-state index contributed by atoms with van der Waals surface area (Å²) in [6, 6.07) is 5.83. The minimum Gasteiger partial charge on any atom is -0.345 e. The van der Waals surface area contributed by atoms with Gasteiger partial charge in [-0.1, -0.05) is 6.07 Å². The molecule has 4 rings (SSSR count). The smallest absolute Gasteiger partial charge is 0.288 e. The van der Waals surface area contributed by atoms with Crippen molar-refractivity contribution in [3.8, 4) is 0 Å². The first-order valence-corrected chi connectivity index (χ1v) is 8.60. The summed E-state index contributed by atoms with van der Waals surface area (Å²) in [4.78, 5) is 27.1. The van der Waals surface area contributed by atoms with Crippen molar-refractivity contribution in [1.29, 1.82) is 0 Å². The van der Waals surface area contributed by atoms with E-state index >= 15 is 0 Å². The van der Waals surface area contributed by atoms with E-state index in [9.17, 15) is 4.79 Å². The topological polar surface area (TPSA) is 126 Å². The third-order valence-corrected chi connectivity index (χ3v) is 4.42. The molecule has 4 N–H and O–H groups in total. The summed E-state index contributed by atoms with van der Waals surface area (Å²) in [6.07, 6.45) is 5.31. The van der Waals surface area contributed by atoms with Gasteiger partial charge in [0, 0.05) is 38.1 Å². The molecule has 26 heavy (non-hydrogen) atoms. The maximum Gasteiger partial charge on any atom is 0.288 e. The van der Waals surface area contributed by atoms with E-state index in [2.05, 4.69) is 30.5 Å². The first-order valence-electron chi connectivity index (χ1n) is 8.60. The Labute approximate surface area is 150 Å². The Balaban J connectivity index is 1.40. The van der Waals surface area contributed by atoms with E-state index in [1.807, 2.05) is 23.1 Å². The molecule has 0 saturated carbocycles. The molecule has 1 atom stereocenters. The number of carbonyl (C=O) groups is 1. The van der Waals surface area contributed by atoms with Crippen LogP contribution in [-0.2, 0) is 6.54 Å². The molecule has 1 amide bonds. The first kappa shape index (κ1) is 16.4. The van der Waals surface area contributed by atoms with Gasteiger partial charge in [0.05, 0.1) is 11.0 Å². The molecule has 1 saturated heterocycles. The van der Waals surface area contributed by atoms with Crippen molar-refractivity contribution in [1.82, 2.24) is 30.5 Å². The van der Waals surface area contributed by atoms with Crippen LogP contribution in [0.1, 0.15) is 29.0 Å². The fourth-order valence-electron chi connectivity index (χ4n) is 3.07. The van der Waals surface area contributed by atoms with Crippen molar-refractivity contribution in [3.05, 3.63) is 42.0 Å². The maximum atomic E-state index is 12.3. The lowest BCUT2D eigenvalue weighted by molar-refractivity contribution is 0.0941. The van der Waals surface area contributed by atoms with Crippen molar-refractivity contribution in [2.24, 2.45) is 5.73 Å². The number of fused-ring (bicyclic) bond motifs is 1. The van der Waals surface area contributed by atoms with Gasteiger partial charge in [-0.25, -0.2) is 0 Å². The highest BCUT2D eigenvalue weighted by molar-refractivity contribution is 5.90. The van der Waals surface area contributed by atoms with Crippen molar-refractivity contribution in [3.63, 3.8) is 0 Å². The second kappa shape index (κ2) is 7.04. The van der Waals surface area contributed by atoms with Gasteiger partial charge in [-0.15, -0.1) is 5.10 Å². The molecule has 0 bridgehead atoms. The highest BCUT2D eigenvalue weighted by atomic mass is 16.2. The standard InChI is InChI=1S/C17H20N8O/c18-12-2-1-7-25(10-12)17-22-15(23-24-17)16(26)21-9-11-3-4-13-14(8-11)20-6-5-19-13/h3-6,8,12H,1-2,7,9-10,18H2,(H,21,26)(H,22,23,24). The predicted octanol–water partition coefficient (Wildman–Crippen LogP) is 0.605. The van der Waals surface area contributed by atoms with E-state index in [4.69, 9.17) is 5.73 Å². The SMILES string of the molecule is NC1CCCN(c2n[nH]c(C(=O)NCc3ccc4nccnc4c3)n2)C1. The zero-order valence-electron chi connectivity index (χ0n) is 14.2. The van der Waals surface area contributed by atoms with Crippen LogP contribution in [0, 0.1) is 0 Å². The lowest BCUT2D eigenvalue weighted by Crippen LogP contribution is -2.43. The number of nitrogens with two attached hydrogens (primary N) is 1. The van der Waals surface area contributed by atoms with Gasteiger partial charge in [0.2, 0.25) is 11.8 Å². The lowest BCUT2D eigenvalue weighted by atomic mass is 10.1. The molecule has 1 aliphatic heterocycles. The fourth-order valence-corrected chi connectivity index (χ4v) is 3.07. The van der Waals surface area contributed by atoms with Crippen molar-refractivity contribution in [2.45, 2.75) is 25.4 Å². The molecule has 1 unspecified atom stereocenters. The quantitative estimate of drug-likeness (QED) is 0.628. The van der Waals surface area contributed by atoms with Gasteiger partial charge in [0.15, 0.2) is 0 Å². The van der Waals surface area contributed by atoms with E-state index in [0.29, 0.717) is 19.0 Å². The number of nitrogens with zero attached hydrogens (tertiary/aromatic N) is 5. The summed E-state index contributed by atoms with van der Waals surface area (Å²) in [7, 11) is 0. The van der Waals surface area contributed by atoms with Crippen molar-refractivity contribution in [2.75, 3.05) is 18.0 Å². The molecule has 2 aromatic heterocycles. The number of aromatic nitrogens is 5. The minimum atomic E-state index is -0.302. The summed E-state index contributed by atoms with van der Waals surface area (Å²) < 4.78 is 0. The van der Waals surface area contributed by atoms with E-state index in [1.54, 1.807) is 12.4 Å². The van der Waals surface area contributed by atoms with Crippen molar-refractivity contribution < 1.29 is 4.79 Å². The van der Waals surface area contributed by atoms with Gasteiger partial charge < -0.3 is 16.0 Å². The largest absolute Gasteiger partial charge is 0.345 e. The number of hydrogen-bond acceptors (Lipinski definition) is 7. The second-order valence-electron chi connectivity index (χ2n) is 6.39. The summed E-state index contributed by atoms with van der Waals surface area (Å²) in [6.45, 7) is 1.93. The normalized spacial score (nSPS) is 17.4. The Morgan fingerprint density at radius 2 is 2.15 bits per heavy atom. The zero-order chi connectivity index (χ0) is 17.9. The fraction of sp³-hybridized carbons (Fsp3) is 0.353. The highest BCUT2D eigenvalue weighted by Gasteiger charge is 2.21. The number of carbonyl (C=O) groups excluding carboxylic acids is 1. The van der Waals surface area contributed by atoms with Gasteiger partial charge in [-0.3, -0.25) is 19.9 Å². The number of benzene rings is 1. The molecular weight excluding hydrogens is 332 g/mol. The third kappa shape index (κ3) is 3.47. The first-order chi connectivity index (χ1) is 12.7. The van der Waals surface area contributed by atoms with Crippen molar-refractivity contribution >= 4 is 22.9 Å². The van der Waals surface area contributed by atoms with Crippen LogP contribution in [0.5, 0.6) is 0 Å². The number of aromatic amines is 1. The Morgan fingerprint density at radius 3 is 3.00 bits per heavy atom. The molecule has 1 aromatic carbocycles. The molecule has 0 aliphatic carbocycles. The van der Waals surface area contributed by atoms with E-state index in [-0.39, 0.29) is 17.8 Å². The number of nitrogens with one attached hydrogen (secondary N) is 2. The molecule has 0 radical (unpaired) electrons. The Kier molecular flexibility index (Phi) is 4.44. The van der Waals surface area contributed by atoms with Crippen LogP contribution < -0.4 is 16.0 Å². The summed E-state index contributed by atoms with van der Waals surface area (Å²) in [5, 5.41) is 9.69. The highest BCUT2D eigenvalue weighted by Crippen LogP contribution is 2.15. The maximum absolute atomic E-state index is 12.3. The molecule has 3 aromatic rings. The predicted molar refractivity (Wildman–Crippen MR) is 96.5 cm³/mol. The Hall–Kier alpha value is -3.07. The second-order valence-corrected chi connectivity index (χ2v) is 6.39. The molecule has 9 nitrogen and oxygen atoms in total. The molecule has 9 heteroatoms. The lowest BCUT2D eigenvalue weighted by Gasteiger charge is -2.29. The average Bonchev–Trinajstić information content (AvgIpc) is 3.16. The van der Waals surface area contributed by atoms with Crippen LogP contribution in [0.2, 0.25) is 0 Å². The number of rotatable bonds is 4. The summed E-state index contributed by atoms with van der Waals surface area (Å²) in [5.74, 6) is 0.412. The van der Waals surface area contributed by atoms with Gasteiger partial charge in [0.1, 0.15) is 0 Å². The number of piperidine rings is 1. The zero-order valence-corrected chi connectivity index (χ0v) is 14.2. The molecule has 0 spiro atoms. The van der Waals surface area contributed by atoms with E-state index < -0.39 is 0 Å². The van der Waals surface area contributed by atoms with Gasteiger partial charge >= 0.3 is 0 Å². The van der Waals surface area contributed by atoms with Crippen LogP contribution in [0.25, 0.3) is 11.0 Å².